The molecule has 2 rings (SSSR count). The Balaban J connectivity index is 2.16. The van der Waals surface area contributed by atoms with Gasteiger partial charge in [0, 0.05) is 13.1 Å². The van der Waals surface area contributed by atoms with E-state index in [0.29, 0.717) is 37.1 Å². The predicted octanol–water partition coefficient (Wildman–Crippen LogP) is 2.47. The third kappa shape index (κ3) is 3.63. The molecule has 0 bridgehead atoms. The first kappa shape index (κ1) is 15.6. The topological polar surface area (TPSA) is 74.1 Å². The van der Waals surface area contributed by atoms with Crippen LogP contribution >= 0.6 is 15.9 Å². The molecule has 21 heavy (non-hydrogen) atoms. The molecule has 7 nitrogen and oxygen atoms in total. The molecule has 1 N–H and O–H groups in total. The van der Waals surface area contributed by atoms with Gasteiger partial charge in [-0.05, 0) is 57.9 Å². The van der Waals surface area contributed by atoms with E-state index in [4.69, 9.17) is 9.47 Å². The Labute approximate surface area is 131 Å². The largest absolute Gasteiger partial charge is 0.492 e. The van der Waals surface area contributed by atoms with Crippen LogP contribution in [0.25, 0.3) is 0 Å². The lowest BCUT2D eigenvalue weighted by molar-refractivity contribution is 0.309. The maximum atomic E-state index is 5.60. The number of nitrogens with one attached hydrogen (secondary N) is 1. The van der Waals surface area contributed by atoms with Gasteiger partial charge in [-0.1, -0.05) is 5.10 Å². The fraction of sp³-hybridized carbons (Fsp3) is 0.462. The maximum absolute atomic E-state index is 5.60. The number of aryl methyl sites for hydroxylation is 1. The second kappa shape index (κ2) is 7.26. The Morgan fingerprint density at radius 3 is 2.81 bits per heavy atom. The lowest BCUT2D eigenvalue weighted by atomic mass is 10.2. The smallest absolute Gasteiger partial charge is 0.243 e. The van der Waals surface area contributed by atoms with Crippen molar-refractivity contribution in [2.75, 3.05) is 19.0 Å². The molecule has 0 saturated carbocycles. The summed E-state index contributed by atoms with van der Waals surface area (Å²) < 4.78 is 13.5. The van der Waals surface area contributed by atoms with Gasteiger partial charge in [-0.3, -0.25) is 0 Å². The number of methoxy groups -OCH3 is 1. The highest BCUT2D eigenvalue weighted by molar-refractivity contribution is 9.10. The van der Waals surface area contributed by atoms with E-state index in [1.165, 1.54) is 0 Å². The summed E-state index contributed by atoms with van der Waals surface area (Å²) >= 11 is 3.50. The van der Waals surface area contributed by atoms with Gasteiger partial charge in [0.15, 0.2) is 11.5 Å². The first-order valence-electron chi connectivity index (χ1n) is 6.68. The monoisotopic (exact) mass is 355 g/mol. The van der Waals surface area contributed by atoms with Crippen molar-refractivity contribution in [3.05, 3.63) is 22.2 Å². The van der Waals surface area contributed by atoms with Gasteiger partial charge in [0.1, 0.15) is 0 Å². The van der Waals surface area contributed by atoms with Crippen molar-refractivity contribution in [3.8, 4) is 11.5 Å². The number of tetrazole rings is 1. The van der Waals surface area contributed by atoms with Crippen molar-refractivity contribution < 1.29 is 9.47 Å². The molecule has 0 atom stereocenters. The standard InChI is InChI=1S/C13H18BrN5O2/c1-4-19-13(16-17-18-19)15-8-9-6-10(14)12(20-3)11(7-9)21-5-2/h6-7H,4-5,8H2,1-3H3,(H,15,16,18). The van der Waals surface area contributed by atoms with Crippen molar-refractivity contribution in [2.24, 2.45) is 0 Å². The summed E-state index contributed by atoms with van der Waals surface area (Å²) in [5, 5.41) is 14.7. The van der Waals surface area contributed by atoms with Gasteiger partial charge in [0.05, 0.1) is 18.2 Å². The van der Waals surface area contributed by atoms with Gasteiger partial charge in [-0.2, -0.15) is 0 Å². The molecular formula is C13H18BrN5O2. The van der Waals surface area contributed by atoms with Gasteiger partial charge in [-0.15, -0.1) is 0 Å². The zero-order valence-corrected chi connectivity index (χ0v) is 13.8. The number of hydrogen-bond donors (Lipinski definition) is 1. The second-order valence-electron chi connectivity index (χ2n) is 4.21. The third-order valence-electron chi connectivity index (χ3n) is 2.86. The molecule has 1 aromatic carbocycles. The van der Waals surface area contributed by atoms with Crippen LogP contribution in [0.15, 0.2) is 16.6 Å². The first-order chi connectivity index (χ1) is 10.2. The lowest BCUT2D eigenvalue weighted by Crippen LogP contribution is -2.08. The molecule has 114 valence electrons. The number of anilines is 1. The molecule has 0 aliphatic heterocycles. The van der Waals surface area contributed by atoms with E-state index in [1.54, 1.807) is 11.8 Å². The van der Waals surface area contributed by atoms with Crippen LogP contribution in [-0.4, -0.2) is 33.9 Å². The lowest BCUT2D eigenvalue weighted by Gasteiger charge is -2.13. The number of ether oxygens (including phenoxy) is 2. The minimum atomic E-state index is 0.577. The fourth-order valence-corrected chi connectivity index (χ4v) is 2.56. The van der Waals surface area contributed by atoms with E-state index >= 15 is 0 Å². The van der Waals surface area contributed by atoms with Gasteiger partial charge in [-0.25, -0.2) is 4.68 Å². The molecule has 0 aliphatic carbocycles. The van der Waals surface area contributed by atoms with Crippen LogP contribution in [0.5, 0.6) is 11.5 Å². The number of hydrogen-bond acceptors (Lipinski definition) is 6. The quantitative estimate of drug-likeness (QED) is 0.822. The van der Waals surface area contributed by atoms with Crippen LogP contribution in [0.3, 0.4) is 0 Å². The number of nitrogens with zero attached hydrogens (tertiary/aromatic N) is 4. The summed E-state index contributed by atoms with van der Waals surface area (Å²) in [6.45, 7) is 5.80. The van der Waals surface area contributed by atoms with E-state index in [2.05, 4.69) is 36.8 Å². The van der Waals surface area contributed by atoms with E-state index in [9.17, 15) is 0 Å². The average Bonchev–Trinajstić information content (AvgIpc) is 2.93. The van der Waals surface area contributed by atoms with Gasteiger partial charge in [0.2, 0.25) is 5.95 Å². The summed E-state index contributed by atoms with van der Waals surface area (Å²) in [6, 6.07) is 3.93. The van der Waals surface area contributed by atoms with Crippen LogP contribution in [0.1, 0.15) is 19.4 Å². The molecular weight excluding hydrogens is 338 g/mol. The number of halogens is 1. The maximum Gasteiger partial charge on any atom is 0.243 e. The fourth-order valence-electron chi connectivity index (χ4n) is 1.91. The van der Waals surface area contributed by atoms with Crippen molar-refractivity contribution in [1.29, 1.82) is 0 Å². The van der Waals surface area contributed by atoms with Crippen LogP contribution < -0.4 is 14.8 Å². The molecule has 1 heterocycles. The van der Waals surface area contributed by atoms with Crippen LogP contribution in [0, 0.1) is 0 Å². The molecule has 1 aromatic heterocycles. The Hall–Kier alpha value is -1.83. The molecule has 2 aromatic rings. The van der Waals surface area contributed by atoms with Crippen LogP contribution in [0.4, 0.5) is 5.95 Å². The summed E-state index contributed by atoms with van der Waals surface area (Å²) in [4.78, 5) is 0. The van der Waals surface area contributed by atoms with E-state index in [1.807, 2.05) is 26.0 Å². The highest BCUT2D eigenvalue weighted by Gasteiger charge is 2.12. The van der Waals surface area contributed by atoms with E-state index < -0.39 is 0 Å². The highest BCUT2D eigenvalue weighted by atomic mass is 79.9. The predicted molar refractivity (Wildman–Crippen MR) is 82.7 cm³/mol. The Bertz CT molecular complexity index is 602. The summed E-state index contributed by atoms with van der Waals surface area (Å²) in [6.07, 6.45) is 0. The molecule has 0 unspecified atom stereocenters. The highest BCUT2D eigenvalue weighted by Crippen LogP contribution is 2.36. The van der Waals surface area contributed by atoms with Gasteiger partial charge >= 0.3 is 0 Å². The van der Waals surface area contributed by atoms with Crippen LogP contribution in [0.2, 0.25) is 0 Å². The molecule has 0 spiro atoms. The molecule has 0 saturated heterocycles. The first-order valence-corrected chi connectivity index (χ1v) is 7.48. The zero-order valence-electron chi connectivity index (χ0n) is 12.3. The van der Waals surface area contributed by atoms with E-state index in [0.717, 1.165) is 10.0 Å². The Kier molecular flexibility index (Phi) is 5.38. The molecule has 8 heteroatoms. The van der Waals surface area contributed by atoms with Crippen molar-refractivity contribution in [1.82, 2.24) is 20.2 Å². The second-order valence-corrected chi connectivity index (χ2v) is 5.07. The van der Waals surface area contributed by atoms with Crippen LogP contribution in [-0.2, 0) is 13.1 Å². The van der Waals surface area contributed by atoms with Crippen molar-refractivity contribution >= 4 is 21.9 Å². The summed E-state index contributed by atoms with van der Waals surface area (Å²) in [5.41, 5.74) is 1.04. The third-order valence-corrected chi connectivity index (χ3v) is 3.44. The molecule has 0 radical (unpaired) electrons. The SMILES string of the molecule is CCOc1cc(CNc2nnnn2CC)cc(Br)c1OC. The van der Waals surface area contributed by atoms with E-state index in [-0.39, 0.29) is 0 Å². The van der Waals surface area contributed by atoms with Gasteiger partial charge in [0.25, 0.3) is 0 Å². The van der Waals surface area contributed by atoms with Gasteiger partial charge < -0.3 is 14.8 Å². The minimum Gasteiger partial charge on any atom is -0.492 e. The molecule has 0 fully saturated rings. The Morgan fingerprint density at radius 1 is 1.33 bits per heavy atom. The molecule has 0 aliphatic rings. The molecule has 0 amide bonds. The number of rotatable bonds is 7. The zero-order chi connectivity index (χ0) is 15.2. The minimum absolute atomic E-state index is 0.577. The number of aromatic nitrogens is 4. The van der Waals surface area contributed by atoms with Crippen molar-refractivity contribution in [2.45, 2.75) is 26.9 Å². The summed E-state index contributed by atoms with van der Waals surface area (Å²) in [5.74, 6) is 2.04. The normalized spacial score (nSPS) is 10.5. The Morgan fingerprint density at radius 2 is 2.14 bits per heavy atom. The number of benzene rings is 1. The van der Waals surface area contributed by atoms with Crippen molar-refractivity contribution in [3.63, 3.8) is 0 Å². The average molecular weight is 356 g/mol. The summed E-state index contributed by atoms with van der Waals surface area (Å²) in [7, 11) is 1.62.